The summed E-state index contributed by atoms with van der Waals surface area (Å²) < 4.78 is 0. The van der Waals surface area contributed by atoms with Crippen molar-refractivity contribution in [3.8, 4) is 0 Å². The molecule has 0 unspecified atom stereocenters. The van der Waals surface area contributed by atoms with E-state index >= 15 is 0 Å². The summed E-state index contributed by atoms with van der Waals surface area (Å²) in [5.74, 6) is -4.50. The quantitative estimate of drug-likeness (QED) is 0.255. The number of H-pyrrole nitrogens is 1. The van der Waals surface area contributed by atoms with Crippen LogP contribution in [0.2, 0.25) is 0 Å². The van der Waals surface area contributed by atoms with E-state index in [4.69, 9.17) is 5.11 Å². The highest BCUT2D eigenvalue weighted by molar-refractivity contribution is 7.81. The fourth-order valence-electron chi connectivity index (χ4n) is 2.85. The molecule has 2 amide bonds. The van der Waals surface area contributed by atoms with Crippen molar-refractivity contribution in [1.82, 2.24) is 15.6 Å². The summed E-state index contributed by atoms with van der Waals surface area (Å²) >= 11 is 3.91. The topological polar surface area (TPSA) is 169 Å². The molecule has 2 aromatic rings. The van der Waals surface area contributed by atoms with Crippen LogP contribution in [0.3, 0.4) is 0 Å². The van der Waals surface area contributed by atoms with Gasteiger partial charge in [-0.3, -0.25) is 14.4 Å². The molecule has 1 heterocycles. The summed E-state index contributed by atoms with van der Waals surface area (Å²) in [6.45, 7) is 1.31. The van der Waals surface area contributed by atoms with Gasteiger partial charge in [0.25, 0.3) is 0 Å². The van der Waals surface area contributed by atoms with E-state index in [0.717, 1.165) is 10.9 Å². The monoisotopic (exact) mass is 437 g/mol. The van der Waals surface area contributed by atoms with Gasteiger partial charge in [-0.25, -0.2) is 4.79 Å². The van der Waals surface area contributed by atoms with Crippen LogP contribution in [0.4, 0.5) is 0 Å². The van der Waals surface area contributed by atoms with Crippen molar-refractivity contribution in [2.75, 3.05) is 0 Å². The van der Waals surface area contributed by atoms with E-state index in [9.17, 15) is 29.4 Å². The Bertz CT molecular complexity index is 943. The Balaban J connectivity index is 2.16. The number of hydrogen-bond donors (Lipinski definition) is 7. The lowest BCUT2D eigenvalue weighted by Crippen LogP contribution is -2.54. The molecule has 11 heteroatoms. The number of rotatable bonds is 10. The number of carbonyl (C=O) groups is 4. The van der Waals surface area contributed by atoms with Crippen LogP contribution in [0.15, 0.2) is 30.5 Å². The molecule has 0 bridgehead atoms. The largest absolute Gasteiger partial charge is 0.481 e. The van der Waals surface area contributed by atoms with Crippen molar-refractivity contribution in [1.29, 1.82) is 0 Å². The average Bonchev–Trinajstić information content (AvgIpc) is 3.08. The molecular formula is C19H23N3O7S. The number of para-hydroxylation sites is 1. The second kappa shape index (κ2) is 10.1. The van der Waals surface area contributed by atoms with E-state index in [-0.39, 0.29) is 6.42 Å². The molecule has 2 rings (SSSR count). The normalized spacial score (nSPS) is 15.0. The van der Waals surface area contributed by atoms with Crippen molar-refractivity contribution < 1.29 is 34.5 Å². The van der Waals surface area contributed by atoms with Crippen molar-refractivity contribution in [3.05, 3.63) is 36.0 Å². The molecule has 0 aliphatic carbocycles. The number of fused-ring (bicyclic) bond motifs is 1. The average molecular weight is 437 g/mol. The highest BCUT2D eigenvalue weighted by atomic mass is 32.1. The first-order valence-electron chi connectivity index (χ1n) is 9.06. The van der Waals surface area contributed by atoms with Crippen LogP contribution in [0.25, 0.3) is 10.9 Å². The molecule has 0 saturated heterocycles. The van der Waals surface area contributed by atoms with Crippen LogP contribution in [0.1, 0.15) is 18.9 Å². The van der Waals surface area contributed by atoms with Gasteiger partial charge in [0, 0.05) is 23.5 Å². The lowest BCUT2D eigenvalue weighted by molar-refractivity contribution is -0.143. The number of aromatic nitrogens is 1. The number of thiol groups is 1. The molecule has 0 aliphatic heterocycles. The van der Waals surface area contributed by atoms with E-state index in [1.165, 1.54) is 6.92 Å². The van der Waals surface area contributed by atoms with Crippen LogP contribution in [0, 0.1) is 0 Å². The Morgan fingerprint density at radius 3 is 2.30 bits per heavy atom. The van der Waals surface area contributed by atoms with Gasteiger partial charge in [-0.05, 0) is 18.6 Å². The Kier molecular flexibility index (Phi) is 7.84. The minimum Gasteiger partial charge on any atom is -0.481 e. The van der Waals surface area contributed by atoms with Gasteiger partial charge in [0.15, 0.2) is 0 Å². The lowest BCUT2D eigenvalue weighted by Gasteiger charge is -2.22. The second-order valence-corrected chi connectivity index (χ2v) is 7.36. The van der Waals surface area contributed by atoms with Gasteiger partial charge >= 0.3 is 11.9 Å². The summed E-state index contributed by atoms with van der Waals surface area (Å²) in [6.07, 6.45) is -0.327. The fraction of sp³-hybridized carbons (Fsp3) is 0.368. The predicted octanol–water partition coefficient (Wildman–Crippen LogP) is -0.0815. The molecule has 0 radical (unpaired) electrons. The highest BCUT2D eigenvalue weighted by Gasteiger charge is 2.31. The van der Waals surface area contributed by atoms with Gasteiger partial charge in [0.1, 0.15) is 17.3 Å². The number of aliphatic hydroxyl groups excluding tert-OH is 1. The van der Waals surface area contributed by atoms with Crippen molar-refractivity contribution in [2.24, 2.45) is 0 Å². The van der Waals surface area contributed by atoms with Crippen molar-refractivity contribution in [3.63, 3.8) is 0 Å². The van der Waals surface area contributed by atoms with Gasteiger partial charge in [0.05, 0.1) is 12.5 Å². The zero-order valence-corrected chi connectivity index (χ0v) is 16.9. The van der Waals surface area contributed by atoms with Crippen LogP contribution in [0.5, 0.6) is 0 Å². The van der Waals surface area contributed by atoms with Crippen LogP contribution >= 0.6 is 12.6 Å². The second-order valence-electron chi connectivity index (χ2n) is 6.81. The van der Waals surface area contributed by atoms with E-state index in [2.05, 4.69) is 28.2 Å². The number of carboxylic acid groups (broad SMARTS) is 2. The van der Waals surface area contributed by atoms with Crippen LogP contribution in [-0.4, -0.2) is 67.5 Å². The molecule has 1 aromatic heterocycles. The first-order chi connectivity index (χ1) is 14.1. The van der Waals surface area contributed by atoms with E-state index < -0.39 is 53.6 Å². The van der Waals surface area contributed by atoms with E-state index in [0.29, 0.717) is 5.56 Å². The van der Waals surface area contributed by atoms with Crippen molar-refractivity contribution in [2.45, 2.75) is 43.2 Å². The third-order valence-electron chi connectivity index (χ3n) is 4.45. The molecular weight excluding hydrogens is 414 g/mol. The van der Waals surface area contributed by atoms with Crippen LogP contribution in [-0.2, 0) is 25.6 Å². The van der Waals surface area contributed by atoms with Gasteiger partial charge in [0.2, 0.25) is 11.8 Å². The van der Waals surface area contributed by atoms with E-state index in [1.54, 1.807) is 18.3 Å². The zero-order valence-electron chi connectivity index (χ0n) is 16.0. The lowest BCUT2D eigenvalue weighted by atomic mass is 10.0. The third-order valence-corrected chi connectivity index (χ3v) is 5.12. The maximum atomic E-state index is 12.6. The summed E-state index contributed by atoms with van der Waals surface area (Å²) in [4.78, 5) is 50.4. The molecule has 6 N–H and O–H groups in total. The summed E-state index contributed by atoms with van der Waals surface area (Å²) in [5.41, 5.74) is 1.46. The predicted molar refractivity (Wildman–Crippen MR) is 110 cm³/mol. The SMILES string of the molecule is C[C@H](O)[C@H](S)C(=O)N[C@@H](CC(=O)O)C(=O)N[C@@H](Cc1c[nH]c2ccccc12)C(=O)O. The molecule has 4 atom stereocenters. The molecule has 10 nitrogen and oxygen atoms in total. The Labute approximate surface area is 177 Å². The molecule has 30 heavy (non-hydrogen) atoms. The number of carboxylic acids is 2. The molecule has 0 aliphatic rings. The maximum absolute atomic E-state index is 12.6. The molecule has 0 fully saturated rings. The third kappa shape index (κ3) is 5.97. The minimum atomic E-state index is -1.53. The first kappa shape index (κ1) is 23.2. The fourth-order valence-corrected chi connectivity index (χ4v) is 2.93. The molecule has 162 valence electrons. The standard InChI is InChI=1S/C19H23N3O7S/c1-9(23)16(30)18(27)21-13(7-15(24)25)17(26)22-14(19(28)29)6-10-8-20-12-5-3-2-4-11(10)12/h2-5,8-9,13-14,16,20,23,30H,6-7H2,1H3,(H,21,27)(H,22,26)(H,24,25)(H,28,29)/t9-,13-,14-,16-/m0/s1. The first-order valence-corrected chi connectivity index (χ1v) is 9.58. The smallest absolute Gasteiger partial charge is 0.326 e. The number of aliphatic hydroxyl groups is 1. The molecule has 0 spiro atoms. The maximum Gasteiger partial charge on any atom is 0.326 e. The van der Waals surface area contributed by atoms with Gasteiger partial charge in [-0.15, -0.1) is 0 Å². The Morgan fingerprint density at radius 2 is 1.70 bits per heavy atom. The Morgan fingerprint density at radius 1 is 1.07 bits per heavy atom. The van der Waals surface area contributed by atoms with Crippen LogP contribution < -0.4 is 10.6 Å². The number of amides is 2. The zero-order chi connectivity index (χ0) is 22.4. The molecule has 0 saturated carbocycles. The molecule has 1 aromatic carbocycles. The number of aromatic amines is 1. The number of hydrogen-bond acceptors (Lipinski definition) is 6. The number of benzene rings is 1. The van der Waals surface area contributed by atoms with Gasteiger partial charge in [-0.2, -0.15) is 12.6 Å². The summed E-state index contributed by atoms with van der Waals surface area (Å²) in [5, 5.41) is 32.1. The number of aliphatic carboxylic acids is 2. The Hall–Kier alpha value is -3.05. The van der Waals surface area contributed by atoms with Gasteiger partial charge in [-0.1, -0.05) is 18.2 Å². The van der Waals surface area contributed by atoms with Crippen molar-refractivity contribution >= 4 is 47.3 Å². The number of carbonyl (C=O) groups excluding carboxylic acids is 2. The summed E-state index contributed by atoms with van der Waals surface area (Å²) in [7, 11) is 0. The minimum absolute atomic E-state index is 0.0539. The van der Waals surface area contributed by atoms with E-state index in [1.807, 2.05) is 12.1 Å². The summed E-state index contributed by atoms with van der Waals surface area (Å²) in [6, 6.07) is 4.35. The van der Waals surface area contributed by atoms with Gasteiger partial charge < -0.3 is 30.9 Å². The highest BCUT2D eigenvalue weighted by Crippen LogP contribution is 2.19. The number of nitrogens with one attached hydrogen (secondary N) is 3.